The van der Waals surface area contributed by atoms with Crippen LogP contribution in [0.4, 0.5) is 0 Å². The third-order valence-electron chi connectivity index (χ3n) is 5.55. The van der Waals surface area contributed by atoms with Crippen LogP contribution in [-0.4, -0.2) is 16.9 Å². The molecular formula is C20H42N2O. The molecule has 0 spiro atoms. The Hall–Kier alpha value is -0.120. The normalized spacial score (nSPS) is 28.4. The molecule has 5 N–H and O–H groups in total. The van der Waals surface area contributed by atoms with Crippen LogP contribution in [0, 0.1) is 5.92 Å². The molecule has 1 aliphatic rings. The van der Waals surface area contributed by atoms with Crippen molar-refractivity contribution in [3.05, 3.63) is 0 Å². The Kier molecular flexibility index (Phi) is 11.2. The third kappa shape index (κ3) is 10.4. The van der Waals surface area contributed by atoms with Gasteiger partial charge in [-0.1, -0.05) is 70.6 Å². The largest absolute Gasteiger partial charge is 0.376 e. The van der Waals surface area contributed by atoms with E-state index in [0.29, 0.717) is 12.0 Å². The molecule has 1 fully saturated rings. The Labute approximate surface area is 144 Å². The molecule has 3 atom stereocenters. The predicted molar refractivity (Wildman–Crippen MR) is 100 cm³/mol. The van der Waals surface area contributed by atoms with Gasteiger partial charge in [-0.15, -0.1) is 0 Å². The Balaban J connectivity index is 2.16. The molecule has 0 aromatic rings. The van der Waals surface area contributed by atoms with Crippen LogP contribution in [0.2, 0.25) is 0 Å². The van der Waals surface area contributed by atoms with Crippen molar-refractivity contribution in [3.8, 4) is 0 Å². The fourth-order valence-electron chi connectivity index (χ4n) is 3.92. The molecule has 1 rings (SSSR count). The summed E-state index contributed by atoms with van der Waals surface area (Å²) in [5, 5.41) is 10.6. The lowest BCUT2D eigenvalue weighted by atomic mass is 9.82. The maximum absolute atomic E-state index is 10.6. The third-order valence-corrected chi connectivity index (χ3v) is 5.55. The first-order valence-corrected chi connectivity index (χ1v) is 10.3. The second kappa shape index (κ2) is 12.3. The van der Waals surface area contributed by atoms with Gasteiger partial charge in [0.2, 0.25) is 0 Å². The summed E-state index contributed by atoms with van der Waals surface area (Å²) in [6, 6.07) is 0.352. The fourth-order valence-corrected chi connectivity index (χ4v) is 3.92. The summed E-state index contributed by atoms with van der Waals surface area (Å²) in [6.07, 6.45) is 19.4. The molecule has 1 aliphatic carbocycles. The van der Waals surface area contributed by atoms with Crippen molar-refractivity contribution >= 4 is 0 Å². The van der Waals surface area contributed by atoms with Crippen LogP contribution < -0.4 is 11.5 Å². The lowest BCUT2D eigenvalue weighted by molar-refractivity contribution is -0.0322. The van der Waals surface area contributed by atoms with Crippen molar-refractivity contribution in [3.63, 3.8) is 0 Å². The topological polar surface area (TPSA) is 72.3 Å². The quantitative estimate of drug-likeness (QED) is 0.419. The van der Waals surface area contributed by atoms with Crippen LogP contribution in [0.1, 0.15) is 110 Å². The van der Waals surface area contributed by atoms with Crippen LogP contribution >= 0.6 is 0 Å². The Morgan fingerprint density at radius 1 is 0.913 bits per heavy atom. The van der Waals surface area contributed by atoms with E-state index in [1.807, 2.05) is 0 Å². The van der Waals surface area contributed by atoms with E-state index in [4.69, 9.17) is 11.5 Å². The summed E-state index contributed by atoms with van der Waals surface area (Å²) in [6.45, 7) is 2.09. The lowest BCUT2D eigenvalue weighted by Crippen LogP contribution is -2.47. The highest BCUT2D eigenvalue weighted by Crippen LogP contribution is 2.30. The van der Waals surface area contributed by atoms with Gasteiger partial charge < -0.3 is 16.6 Å². The van der Waals surface area contributed by atoms with E-state index >= 15 is 0 Å². The van der Waals surface area contributed by atoms with Gasteiger partial charge >= 0.3 is 0 Å². The summed E-state index contributed by atoms with van der Waals surface area (Å²) in [7, 11) is 0. The molecule has 0 saturated heterocycles. The molecule has 0 aromatic heterocycles. The molecule has 0 heterocycles. The standard InChI is InChI=1S/C20H42N2O/c1-18(21)14-10-6-2-3-7-11-15-19-16-12-8-4-5-9-13-17-20(19,22)23/h18-19,23H,2-17,21-22H2,1H3. The minimum atomic E-state index is -0.922. The minimum absolute atomic E-state index is 0.304. The van der Waals surface area contributed by atoms with Crippen molar-refractivity contribution in [1.82, 2.24) is 0 Å². The van der Waals surface area contributed by atoms with Crippen molar-refractivity contribution in [2.75, 3.05) is 0 Å². The molecule has 3 unspecified atom stereocenters. The molecule has 0 bridgehead atoms. The summed E-state index contributed by atoms with van der Waals surface area (Å²) in [5.74, 6) is 0.304. The summed E-state index contributed by atoms with van der Waals surface area (Å²) in [5.41, 5.74) is 11.1. The smallest absolute Gasteiger partial charge is 0.116 e. The Bertz CT molecular complexity index is 279. The first-order valence-electron chi connectivity index (χ1n) is 10.3. The van der Waals surface area contributed by atoms with Crippen LogP contribution in [0.3, 0.4) is 0 Å². The van der Waals surface area contributed by atoms with Gasteiger partial charge in [-0.3, -0.25) is 0 Å². The number of rotatable bonds is 9. The monoisotopic (exact) mass is 326 g/mol. The summed E-state index contributed by atoms with van der Waals surface area (Å²) >= 11 is 0. The molecule has 3 heteroatoms. The molecule has 23 heavy (non-hydrogen) atoms. The SMILES string of the molecule is CC(N)CCCCCCCCC1CCCCCCCCC1(N)O. The van der Waals surface area contributed by atoms with Gasteiger partial charge in [0.15, 0.2) is 0 Å². The average molecular weight is 327 g/mol. The van der Waals surface area contributed by atoms with Crippen molar-refractivity contribution in [1.29, 1.82) is 0 Å². The van der Waals surface area contributed by atoms with Crippen molar-refractivity contribution in [2.24, 2.45) is 17.4 Å². The molecular weight excluding hydrogens is 284 g/mol. The number of unbranched alkanes of at least 4 members (excludes halogenated alkanes) is 5. The fraction of sp³-hybridized carbons (Fsp3) is 1.00. The Morgan fingerprint density at radius 3 is 2.17 bits per heavy atom. The van der Waals surface area contributed by atoms with Crippen LogP contribution in [0.5, 0.6) is 0 Å². The minimum Gasteiger partial charge on any atom is -0.376 e. The van der Waals surface area contributed by atoms with E-state index in [0.717, 1.165) is 32.1 Å². The number of hydrogen-bond acceptors (Lipinski definition) is 3. The zero-order valence-corrected chi connectivity index (χ0v) is 15.6. The molecule has 0 radical (unpaired) electrons. The van der Waals surface area contributed by atoms with Crippen molar-refractivity contribution < 1.29 is 5.11 Å². The highest BCUT2D eigenvalue weighted by atomic mass is 16.3. The number of hydrogen-bond donors (Lipinski definition) is 3. The summed E-state index contributed by atoms with van der Waals surface area (Å²) in [4.78, 5) is 0. The molecule has 0 aromatic carbocycles. The van der Waals surface area contributed by atoms with Gasteiger partial charge in [-0.05, 0) is 39.0 Å². The van der Waals surface area contributed by atoms with Gasteiger partial charge in [-0.25, -0.2) is 0 Å². The van der Waals surface area contributed by atoms with Gasteiger partial charge in [0.25, 0.3) is 0 Å². The van der Waals surface area contributed by atoms with Gasteiger partial charge in [0.1, 0.15) is 5.72 Å². The first-order chi connectivity index (χ1) is 11.0. The number of aliphatic hydroxyl groups is 1. The average Bonchev–Trinajstić information content (AvgIpc) is 2.49. The maximum atomic E-state index is 10.6. The van der Waals surface area contributed by atoms with E-state index in [9.17, 15) is 5.11 Å². The van der Waals surface area contributed by atoms with Gasteiger partial charge in [0, 0.05) is 12.0 Å². The summed E-state index contributed by atoms with van der Waals surface area (Å²) < 4.78 is 0. The van der Waals surface area contributed by atoms with Crippen LogP contribution in [0.15, 0.2) is 0 Å². The highest BCUT2D eigenvalue weighted by Gasteiger charge is 2.31. The van der Waals surface area contributed by atoms with E-state index in [-0.39, 0.29) is 0 Å². The maximum Gasteiger partial charge on any atom is 0.116 e. The second-order valence-electron chi connectivity index (χ2n) is 8.02. The lowest BCUT2D eigenvalue weighted by Gasteiger charge is -2.34. The zero-order chi connectivity index (χ0) is 17.0. The van der Waals surface area contributed by atoms with Crippen molar-refractivity contribution in [2.45, 2.75) is 121 Å². The second-order valence-corrected chi connectivity index (χ2v) is 8.02. The Morgan fingerprint density at radius 2 is 1.48 bits per heavy atom. The molecule has 0 aliphatic heterocycles. The number of nitrogens with two attached hydrogens (primary N) is 2. The molecule has 0 amide bonds. The van der Waals surface area contributed by atoms with E-state index < -0.39 is 5.72 Å². The van der Waals surface area contributed by atoms with Gasteiger partial charge in [-0.2, -0.15) is 0 Å². The van der Waals surface area contributed by atoms with E-state index in [1.54, 1.807) is 0 Å². The highest BCUT2D eigenvalue weighted by molar-refractivity contribution is 4.81. The van der Waals surface area contributed by atoms with Gasteiger partial charge in [0.05, 0.1) is 0 Å². The molecule has 138 valence electrons. The zero-order valence-electron chi connectivity index (χ0n) is 15.6. The molecule has 1 saturated carbocycles. The van der Waals surface area contributed by atoms with Crippen LogP contribution in [0.25, 0.3) is 0 Å². The molecule has 3 nitrogen and oxygen atoms in total. The first kappa shape index (κ1) is 20.9. The van der Waals surface area contributed by atoms with E-state index in [1.165, 1.54) is 70.6 Å². The predicted octanol–water partition coefficient (Wildman–Crippen LogP) is 4.85. The van der Waals surface area contributed by atoms with E-state index in [2.05, 4.69) is 6.92 Å². The van der Waals surface area contributed by atoms with Crippen LogP contribution in [-0.2, 0) is 0 Å².